The molecule has 3 aromatic rings. The number of nitrogens with one attached hydrogen (secondary N) is 1. The Morgan fingerprint density at radius 3 is 2.52 bits per heavy atom. The Hall–Kier alpha value is -1.000. The molecule has 6 heteroatoms. The zero-order valence-electron chi connectivity index (χ0n) is 10.4. The number of ketones is 1. The van der Waals surface area contributed by atoms with Gasteiger partial charge in [-0.25, -0.2) is 0 Å². The van der Waals surface area contributed by atoms with E-state index in [1.54, 1.807) is 36.5 Å². The average molecular weight is 403 g/mol. The summed E-state index contributed by atoms with van der Waals surface area (Å²) in [4.78, 5) is 15.7. The van der Waals surface area contributed by atoms with Crippen LogP contribution in [0.2, 0.25) is 15.1 Å². The van der Waals surface area contributed by atoms with Crippen LogP contribution in [-0.2, 0) is 0 Å². The maximum absolute atomic E-state index is 12.6. The molecule has 3 rings (SSSR count). The summed E-state index contributed by atoms with van der Waals surface area (Å²) in [5, 5.41) is 2.09. The van der Waals surface area contributed by atoms with Crippen LogP contribution in [0.5, 0.6) is 0 Å². The lowest BCUT2D eigenvalue weighted by atomic mass is 10.0. The van der Waals surface area contributed by atoms with Crippen molar-refractivity contribution in [2.24, 2.45) is 0 Å². The minimum absolute atomic E-state index is 0.153. The first-order valence-electron chi connectivity index (χ1n) is 5.93. The minimum Gasteiger partial charge on any atom is -0.360 e. The fourth-order valence-corrected chi connectivity index (χ4v) is 3.18. The molecule has 2 aromatic carbocycles. The second kappa shape index (κ2) is 5.65. The van der Waals surface area contributed by atoms with Crippen LogP contribution < -0.4 is 0 Å². The molecule has 0 amide bonds. The standard InChI is InChI=1S/C15H7BrCl3NO/c16-10-2-1-7(3-11(10)18)15(21)9-6-20-13-5-8(17)4-12(19)14(9)13/h1-6,20H. The number of carbonyl (C=O) groups is 1. The van der Waals surface area contributed by atoms with Gasteiger partial charge in [-0.1, -0.05) is 34.8 Å². The number of carbonyl (C=O) groups excluding carboxylic acids is 1. The number of fused-ring (bicyclic) bond motifs is 1. The van der Waals surface area contributed by atoms with Crippen molar-refractivity contribution in [1.82, 2.24) is 4.98 Å². The van der Waals surface area contributed by atoms with Gasteiger partial charge in [0.25, 0.3) is 0 Å². The van der Waals surface area contributed by atoms with E-state index in [9.17, 15) is 4.79 Å². The van der Waals surface area contributed by atoms with Crippen molar-refractivity contribution in [3.8, 4) is 0 Å². The molecule has 2 nitrogen and oxygen atoms in total. The van der Waals surface area contributed by atoms with Gasteiger partial charge in [-0.2, -0.15) is 0 Å². The predicted octanol–water partition coefficient (Wildman–Crippen LogP) is 6.12. The van der Waals surface area contributed by atoms with Crippen molar-refractivity contribution in [2.75, 3.05) is 0 Å². The summed E-state index contributed by atoms with van der Waals surface area (Å²) in [6.45, 7) is 0. The molecule has 0 radical (unpaired) electrons. The first-order valence-corrected chi connectivity index (χ1v) is 7.86. The number of H-pyrrole nitrogens is 1. The van der Waals surface area contributed by atoms with Gasteiger partial charge in [-0.05, 0) is 46.3 Å². The zero-order valence-corrected chi connectivity index (χ0v) is 14.2. The summed E-state index contributed by atoms with van der Waals surface area (Å²) in [6, 6.07) is 8.42. The fourth-order valence-electron chi connectivity index (χ4n) is 2.16. The monoisotopic (exact) mass is 401 g/mol. The highest BCUT2D eigenvalue weighted by Crippen LogP contribution is 2.32. The van der Waals surface area contributed by atoms with E-state index < -0.39 is 0 Å². The second-order valence-corrected chi connectivity index (χ2v) is 6.58. The van der Waals surface area contributed by atoms with Gasteiger partial charge in [-0.3, -0.25) is 4.79 Å². The number of rotatable bonds is 2. The lowest BCUT2D eigenvalue weighted by Gasteiger charge is -2.03. The van der Waals surface area contributed by atoms with Crippen LogP contribution in [0.25, 0.3) is 10.9 Å². The third kappa shape index (κ3) is 2.71. The smallest absolute Gasteiger partial charge is 0.195 e. The fraction of sp³-hybridized carbons (Fsp3) is 0. The number of hydrogen-bond donors (Lipinski definition) is 1. The van der Waals surface area contributed by atoms with E-state index in [0.29, 0.717) is 31.6 Å². The highest BCUT2D eigenvalue weighted by atomic mass is 79.9. The topological polar surface area (TPSA) is 32.9 Å². The summed E-state index contributed by atoms with van der Waals surface area (Å²) < 4.78 is 0.740. The van der Waals surface area contributed by atoms with Crippen molar-refractivity contribution >= 4 is 67.4 Å². The number of benzene rings is 2. The molecule has 0 atom stereocenters. The van der Waals surface area contributed by atoms with Gasteiger partial charge in [-0.15, -0.1) is 0 Å². The molecular formula is C15H7BrCl3NO. The van der Waals surface area contributed by atoms with Gasteiger partial charge >= 0.3 is 0 Å². The molecule has 0 aliphatic carbocycles. The summed E-state index contributed by atoms with van der Waals surface area (Å²) in [5.74, 6) is -0.153. The molecular weight excluding hydrogens is 396 g/mol. The Kier molecular flexibility index (Phi) is 4.02. The SMILES string of the molecule is O=C(c1ccc(Br)c(Cl)c1)c1c[nH]c2cc(Cl)cc(Cl)c12. The van der Waals surface area contributed by atoms with Crippen molar-refractivity contribution in [1.29, 1.82) is 0 Å². The molecule has 1 aromatic heterocycles. The number of aromatic nitrogens is 1. The molecule has 0 aliphatic rings. The summed E-state index contributed by atoms with van der Waals surface area (Å²) in [5.41, 5.74) is 1.71. The minimum atomic E-state index is -0.153. The van der Waals surface area contributed by atoms with Crippen LogP contribution in [-0.4, -0.2) is 10.8 Å². The van der Waals surface area contributed by atoms with Gasteiger partial charge < -0.3 is 4.98 Å². The Balaban J connectivity index is 2.16. The maximum atomic E-state index is 12.6. The molecule has 0 fully saturated rings. The average Bonchev–Trinajstić information content (AvgIpc) is 2.85. The molecule has 106 valence electrons. The third-order valence-corrected chi connectivity index (χ3v) is 4.87. The van der Waals surface area contributed by atoms with Crippen LogP contribution in [0.15, 0.2) is 41.0 Å². The van der Waals surface area contributed by atoms with Crippen LogP contribution in [0.3, 0.4) is 0 Å². The van der Waals surface area contributed by atoms with Gasteiger partial charge in [0.15, 0.2) is 5.78 Å². The highest BCUT2D eigenvalue weighted by Gasteiger charge is 2.17. The van der Waals surface area contributed by atoms with E-state index in [1.165, 1.54) is 0 Å². The summed E-state index contributed by atoms with van der Waals surface area (Å²) in [7, 11) is 0. The number of halogens is 4. The largest absolute Gasteiger partial charge is 0.360 e. The Labute approximate surface area is 144 Å². The first kappa shape index (κ1) is 14.9. The van der Waals surface area contributed by atoms with Gasteiger partial charge in [0.2, 0.25) is 0 Å². The number of hydrogen-bond acceptors (Lipinski definition) is 1. The molecule has 1 N–H and O–H groups in total. The van der Waals surface area contributed by atoms with E-state index in [0.717, 1.165) is 9.99 Å². The third-order valence-electron chi connectivity index (χ3n) is 3.12. The second-order valence-electron chi connectivity index (χ2n) is 4.47. The number of aromatic amines is 1. The predicted molar refractivity (Wildman–Crippen MR) is 90.9 cm³/mol. The zero-order chi connectivity index (χ0) is 15.1. The molecule has 0 unspecified atom stereocenters. The van der Waals surface area contributed by atoms with E-state index in [1.807, 2.05) is 0 Å². The molecule has 0 bridgehead atoms. The van der Waals surface area contributed by atoms with Crippen LogP contribution >= 0.6 is 50.7 Å². The van der Waals surface area contributed by atoms with Gasteiger partial charge in [0, 0.05) is 37.7 Å². The van der Waals surface area contributed by atoms with E-state index in [-0.39, 0.29) is 5.78 Å². The van der Waals surface area contributed by atoms with E-state index >= 15 is 0 Å². The highest BCUT2D eigenvalue weighted by molar-refractivity contribution is 9.10. The quantitative estimate of drug-likeness (QED) is 0.514. The molecule has 21 heavy (non-hydrogen) atoms. The van der Waals surface area contributed by atoms with Crippen LogP contribution in [0.4, 0.5) is 0 Å². The summed E-state index contributed by atoms with van der Waals surface area (Å²) >= 11 is 21.5. The van der Waals surface area contributed by atoms with E-state index in [2.05, 4.69) is 20.9 Å². The Morgan fingerprint density at radius 1 is 1.05 bits per heavy atom. The molecule has 0 aliphatic heterocycles. The van der Waals surface area contributed by atoms with Crippen LogP contribution in [0.1, 0.15) is 15.9 Å². The molecule has 1 heterocycles. The Bertz CT molecular complexity index is 873. The van der Waals surface area contributed by atoms with Crippen molar-refractivity contribution in [2.45, 2.75) is 0 Å². The normalized spacial score (nSPS) is 11.0. The lowest BCUT2D eigenvalue weighted by molar-refractivity contribution is 0.104. The first-order chi connectivity index (χ1) is 9.97. The molecule has 0 saturated carbocycles. The molecule has 0 spiro atoms. The Morgan fingerprint density at radius 2 is 1.81 bits per heavy atom. The van der Waals surface area contributed by atoms with E-state index in [4.69, 9.17) is 34.8 Å². The van der Waals surface area contributed by atoms with Gasteiger partial charge in [0.05, 0.1) is 10.0 Å². The maximum Gasteiger partial charge on any atom is 0.195 e. The van der Waals surface area contributed by atoms with Gasteiger partial charge in [0.1, 0.15) is 0 Å². The van der Waals surface area contributed by atoms with Crippen molar-refractivity contribution < 1.29 is 4.79 Å². The van der Waals surface area contributed by atoms with Crippen LogP contribution in [0, 0.1) is 0 Å². The molecule has 0 saturated heterocycles. The van der Waals surface area contributed by atoms with Crippen molar-refractivity contribution in [3.63, 3.8) is 0 Å². The lowest BCUT2D eigenvalue weighted by Crippen LogP contribution is -2.00. The summed E-state index contributed by atoms with van der Waals surface area (Å²) in [6.07, 6.45) is 1.63. The van der Waals surface area contributed by atoms with Crippen molar-refractivity contribution in [3.05, 3.63) is 67.2 Å².